The highest BCUT2D eigenvalue weighted by molar-refractivity contribution is 6.19. The summed E-state index contributed by atoms with van der Waals surface area (Å²) in [7, 11) is 0. The smallest absolute Gasteiger partial charge is 0.338 e. The summed E-state index contributed by atoms with van der Waals surface area (Å²) in [5, 5.41) is 9.40. The maximum atomic E-state index is 12.9. The third-order valence-corrected chi connectivity index (χ3v) is 4.88. The van der Waals surface area contributed by atoms with Crippen molar-refractivity contribution in [2.45, 2.75) is 33.7 Å². The Labute approximate surface area is 180 Å². The van der Waals surface area contributed by atoms with Crippen molar-refractivity contribution in [3.05, 3.63) is 64.4 Å². The highest BCUT2D eigenvalue weighted by Crippen LogP contribution is 2.30. The fourth-order valence-electron chi connectivity index (χ4n) is 3.28. The van der Waals surface area contributed by atoms with Gasteiger partial charge in [0.25, 0.3) is 11.8 Å². The third-order valence-electron chi connectivity index (χ3n) is 4.88. The molecular weight excluding hydrogens is 396 g/mol. The first-order valence-electron chi connectivity index (χ1n) is 9.86. The minimum atomic E-state index is -0.584. The summed E-state index contributed by atoms with van der Waals surface area (Å²) in [6.07, 6.45) is 1.54. The van der Waals surface area contributed by atoms with Crippen LogP contribution >= 0.6 is 0 Å². The lowest BCUT2D eigenvalue weighted by Gasteiger charge is -2.30. The Balaban J connectivity index is 1.94. The lowest BCUT2D eigenvalue weighted by atomic mass is 9.94. The molecule has 0 radical (unpaired) electrons. The van der Waals surface area contributed by atoms with Crippen LogP contribution in [0.25, 0.3) is 17.4 Å². The third kappa shape index (κ3) is 4.19. The number of furan rings is 1. The van der Waals surface area contributed by atoms with E-state index in [1.165, 1.54) is 6.08 Å². The number of ether oxygens (including phenoxy) is 1. The van der Waals surface area contributed by atoms with Crippen LogP contribution in [0.3, 0.4) is 0 Å². The van der Waals surface area contributed by atoms with Crippen LogP contribution in [0.5, 0.6) is 0 Å². The number of amides is 2. The van der Waals surface area contributed by atoms with Crippen molar-refractivity contribution in [1.82, 2.24) is 4.90 Å². The van der Waals surface area contributed by atoms with E-state index in [0.29, 0.717) is 29.3 Å². The summed E-state index contributed by atoms with van der Waals surface area (Å²) in [6.45, 7) is 7.06. The van der Waals surface area contributed by atoms with Crippen LogP contribution in [-0.2, 0) is 14.3 Å². The van der Waals surface area contributed by atoms with Crippen molar-refractivity contribution < 1.29 is 23.5 Å². The molecule has 0 bridgehead atoms. The van der Waals surface area contributed by atoms with Crippen molar-refractivity contribution in [3.8, 4) is 17.4 Å². The van der Waals surface area contributed by atoms with Crippen LogP contribution in [0.2, 0.25) is 0 Å². The summed E-state index contributed by atoms with van der Waals surface area (Å²) in [5.74, 6) is -0.492. The highest BCUT2D eigenvalue weighted by atomic mass is 16.5. The summed E-state index contributed by atoms with van der Waals surface area (Å²) in [6, 6.07) is 11.7. The number of rotatable bonds is 5. The average molecular weight is 418 g/mol. The number of benzene rings is 1. The molecule has 7 heteroatoms. The Morgan fingerprint density at radius 1 is 1.16 bits per heavy atom. The molecule has 158 valence electrons. The molecule has 0 saturated carbocycles. The maximum absolute atomic E-state index is 12.9. The summed E-state index contributed by atoms with van der Waals surface area (Å²) in [4.78, 5) is 38.2. The first kappa shape index (κ1) is 21.8. The fourth-order valence-corrected chi connectivity index (χ4v) is 3.28. The quantitative estimate of drug-likeness (QED) is 0.411. The first-order chi connectivity index (χ1) is 14.8. The number of nitriles is 1. The van der Waals surface area contributed by atoms with Crippen molar-refractivity contribution in [1.29, 1.82) is 5.26 Å². The molecule has 2 amide bonds. The predicted molar refractivity (Wildman–Crippen MR) is 113 cm³/mol. The maximum Gasteiger partial charge on any atom is 0.338 e. The van der Waals surface area contributed by atoms with Crippen molar-refractivity contribution in [3.63, 3.8) is 0 Å². The number of nitrogens with zero attached hydrogens (tertiary/aromatic N) is 2. The zero-order chi connectivity index (χ0) is 22.7. The summed E-state index contributed by atoms with van der Waals surface area (Å²) < 4.78 is 10.8. The first-order valence-corrected chi connectivity index (χ1v) is 9.86. The van der Waals surface area contributed by atoms with Gasteiger partial charge < -0.3 is 9.15 Å². The minimum Gasteiger partial charge on any atom is -0.462 e. The molecule has 0 saturated heterocycles. The van der Waals surface area contributed by atoms with Gasteiger partial charge in [-0.25, -0.2) is 4.79 Å². The Morgan fingerprint density at radius 2 is 1.84 bits per heavy atom. The largest absolute Gasteiger partial charge is 0.462 e. The van der Waals surface area contributed by atoms with Gasteiger partial charge in [0.15, 0.2) is 0 Å². The topological polar surface area (TPSA) is 101 Å². The van der Waals surface area contributed by atoms with Crippen molar-refractivity contribution in [2.75, 3.05) is 6.61 Å². The van der Waals surface area contributed by atoms with Gasteiger partial charge in [0.2, 0.25) is 0 Å². The monoisotopic (exact) mass is 418 g/mol. The number of carbonyl (C=O) groups is 3. The Morgan fingerprint density at radius 3 is 2.42 bits per heavy atom. The molecule has 0 atom stereocenters. The molecule has 3 rings (SSSR count). The van der Waals surface area contributed by atoms with E-state index in [1.54, 1.807) is 64.1 Å². The molecule has 31 heavy (non-hydrogen) atoms. The van der Waals surface area contributed by atoms with E-state index in [0.717, 1.165) is 10.5 Å². The number of hydrogen-bond acceptors (Lipinski definition) is 6. The second kappa shape index (κ2) is 8.84. The molecule has 2 aromatic rings. The Kier molecular flexibility index (Phi) is 6.21. The Bertz CT molecular complexity index is 1140. The van der Waals surface area contributed by atoms with Crippen LogP contribution in [0, 0.1) is 11.3 Å². The van der Waals surface area contributed by atoms with E-state index >= 15 is 0 Å². The van der Waals surface area contributed by atoms with Crippen molar-refractivity contribution in [2.24, 2.45) is 0 Å². The van der Waals surface area contributed by atoms with Gasteiger partial charge in [0.1, 0.15) is 23.2 Å². The zero-order valence-electron chi connectivity index (χ0n) is 17.8. The van der Waals surface area contributed by atoms with E-state index in [1.807, 2.05) is 6.07 Å². The van der Waals surface area contributed by atoms with Crippen LogP contribution in [0.15, 0.2) is 57.5 Å². The lowest BCUT2D eigenvalue weighted by molar-refractivity contribution is -0.142. The van der Waals surface area contributed by atoms with Gasteiger partial charge in [-0.3, -0.25) is 14.5 Å². The van der Waals surface area contributed by atoms with E-state index in [-0.39, 0.29) is 17.2 Å². The molecule has 0 spiro atoms. The molecule has 2 heterocycles. The standard InChI is InChI=1S/C24H22N2O5/c1-5-30-24(29)17-8-6-16(7-9-17)21-11-10-18(31-21)12-19-15(4)20(13-25)23(28)26(14(2)3)22(19)27/h6-12,14H,5H2,1-4H3/b19-12+. The van der Waals surface area contributed by atoms with Gasteiger partial charge in [0, 0.05) is 17.2 Å². The molecule has 0 N–H and O–H groups in total. The molecule has 1 aromatic heterocycles. The van der Waals surface area contributed by atoms with Crippen LogP contribution in [0.1, 0.15) is 43.8 Å². The molecule has 1 aliphatic rings. The Hall–Kier alpha value is -3.92. The number of imide groups is 1. The lowest BCUT2D eigenvalue weighted by Crippen LogP contribution is -2.46. The van der Waals surface area contributed by atoms with E-state index in [4.69, 9.17) is 9.15 Å². The van der Waals surface area contributed by atoms with Gasteiger partial charge in [0.05, 0.1) is 12.2 Å². The van der Waals surface area contributed by atoms with Gasteiger partial charge in [-0.05, 0) is 63.6 Å². The van der Waals surface area contributed by atoms with Gasteiger partial charge in [-0.1, -0.05) is 12.1 Å². The van der Waals surface area contributed by atoms with E-state index in [2.05, 4.69) is 0 Å². The summed E-state index contributed by atoms with van der Waals surface area (Å²) >= 11 is 0. The number of hydrogen-bond donors (Lipinski definition) is 0. The number of esters is 1. The predicted octanol–water partition coefficient (Wildman–Crippen LogP) is 4.12. The molecule has 0 aliphatic carbocycles. The molecule has 1 aliphatic heterocycles. The molecule has 7 nitrogen and oxygen atoms in total. The van der Waals surface area contributed by atoms with E-state index in [9.17, 15) is 19.6 Å². The minimum absolute atomic E-state index is 0.0547. The van der Waals surface area contributed by atoms with Crippen LogP contribution in [-0.4, -0.2) is 35.3 Å². The van der Waals surface area contributed by atoms with Gasteiger partial charge in [-0.2, -0.15) is 5.26 Å². The second-order valence-electron chi connectivity index (χ2n) is 7.24. The average Bonchev–Trinajstić information content (AvgIpc) is 3.20. The van der Waals surface area contributed by atoms with Crippen LogP contribution in [0.4, 0.5) is 0 Å². The normalized spacial score (nSPS) is 15.6. The summed E-state index contributed by atoms with van der Waals surface area (Å²) in [5.41, 5.74) is 1.70. The van der Waals surface area contributed by atoms with Gasteiger partial charge >= 0.3 is 5.97 Å². The van der Waals surface area contributed by atoms with Crippen LogP contribution < -0.4 is 0 Å². The zero-order valence-corrected chi connectivity index (χ0v) is 17.8. The number of carbonyl (C=O) groups excluding carboxylic acids is 3. The molecule has 0 fully saturated rings. The molecular formula is C24H22N2O5. The fraction of sp³-hybridized carbons (Fsp3) is 0.250. The van der Waals surface area contributed by atoms with Crippen molar-refractivity contribution >= 4 is 23.9 Å². The molecule has 0 unspecified atom stereocenters. The molecule has 1 aromatic carbocycles. The second-order valence-corrected chi connectivity index (χ2v) is 7.24. The SMILES string of the molecule is CCOC(=O)c1ccc(-c2ccc(/C=C3/C(=O)N(C(C)C)C(=O)C(C#N)=C3C)o2)cc1. The van der Waals surface area contributed by atoms with E-state index < -0.39 is 17.8 Å². The highest BCUT2D eigenvalue weighted by Gasteiger charge is 2.37. The van der Waals surface area contributed by atoms with Gasteiger partial charge in [-0.15, -0.1) is 0 Å².